The predicted octanol–water partition coefficient (Wildman–Crippen LogP) is 3.78. The predicted molar refractivity (Wildman–Crippen MR) is 66.7 cm³/mol. The number of carbonyl (C=O) groups is 1. The van der Waals surface area contributed by atoms with Crippen LogP contribution in [-0.4, -0.2) is 6.29 Å². The van der Waals surface area contributed by atoms with E-state index in [4.69, 9.17) is 0 Å². The molecule has 0 saturated carbocycles. The molecule has 0 aromatic heterocycles. The lowest BCUT2D eigenvalue weighted by Crippen LogP contribution is -1.91. The van der Waals surface area contributed by atoms with Crippen LogP contribution < -0.4 is 0 Å². The molecule has 0 fully saturated rings. The minimum atomic E-state index is 0.754. The molecule has 0 aliphatic carbocycles. The molecule has 0 spiro atoms. The normalized spacial score (nSPS) is 10.1. The minimum Gasteiger partial charge on any atom is -0.298 e. The van der Waals surface area contributed by atoms with E-state index in [-0.39, 0.29) is 0 Å². The summed E-state index contributed by atoms with van der Waals surface area (Å²) in [7, 11) is 0. The van der Waals surface area contributed by atoms with E-state index in [2.05, 4.69) is 31.2 Å². The smallest absolute Gasteiger partial charge is 0.150 e. The molecular formula is C15H14O. The maximum atomic E-state index is 11.0. The first kappa shape index (κ1) is 10.6. The Morgan fingerprint density at radius 2 is 1.62 bits per heavy atom. The molecule has 16 heavy (non-hydrogen) atoms. The van der Waals surface area contributed by atoms with E-state index in [1.165, 1.54) is 5.56 Å². The third-order valence-electron chi connectivity index (χ3n) is 2.77. The molecule has 80 valence electrons. The van der Waals surface area contributed by atoms with Crippen LogP contribution in [0.5, 0.6) is 0 Å². The minimum absolute atomic E-state index is 0.754. The Hall–Kier alpha value is -1.89. The lowest BCUT2D eigenvalue weighted by molar-refractivity contribution is 0.112. The van der Waals surface area contributed by atoms with E-state index < -0.39 is 0 Å². The van der Waals surface area contributed by atoms with Crippen molar-refractivity contribution in [2.75, 3.05) is 0 Å². The van der Waals surface area contributed by atoms with Gasteiger partial charge >= 0.3 is 0 Å². The summed E-state index contributed by atoms with van der Waals surface area (Å²) >= 11 is 0. The van der Waals surface area contributed by atoms with Gasteiger partial charge in [0, 0.05) is 5.56 Å². The van der Waals surface area contributed by atoms with Crippen LogP contribution in [-0.2, 0) is 0 Å². The van der Waals surface area contributed by atoms with Gasteiger partial charge in [-0.15, -0.1) is 0 Å². The highest BCUT2D eigenvalue weighted by Gasteiger charge is 2.06. The maximum absolute atomic E-state index is 11.0. The van der Waals surface area contributed by atoms with Crippen molar-refractivity contribution in [1.29, 1.82) is 0 Å². The van der Waals surface area contributed by atoms with Crippen molar-refractivity contribution < 1.29 is 4.79 Å². The Bertz CT molecular complexity index is 509. The molecule has 2 aromatic carbocycles. The van der Waals surface area contributed by atoms with E-state index in [1.807, 2.05) is 25.1 Å². The number of hydrogen-bond acceptors (Lipinski definition) is 1. The largest absolute Gasteiger partial charge is 0.298 e. The fraction of sp³-hybridized carbons (Fsp3) is 0.133. The Labute approximate surface area is 95.7 Å². The highest BCUT2D eigenvalue weighted by Crippen LogP contribution is 2.26. The van der Waals surface area contributed by atoms with Crippen molar-refractivity contribution >= 4 is 6.29 Å². The van der Waals surface area contributed by atoms with Gasteiger partial charge in [-0.05, 0) is 30.5 Å². The zero-order valence-electron chi connectivity index (χ0n) is 9.53. The van der Waals surface area contributed by atoms with Gasteiger partial charge in [-0.2, -0.15) is 0 Å². The average molecular weight is 210 g/mol. The van der Waals surface area contributed by atoms with E-state index >= 15 is 0 Å². The molecule has 0 atom stereocenters. The quantitative estimate of drug-likeness (QED) is 0.689. The molecular weight excluding hydrogens is 196 g/mol. The highest BCUT2D eigenvalue weighted by molar-refractivity contribution is 5.89. The molecule has 1 nitrogen and oxygen atoms in total. The van der Waals surface area contributed by atoms with Crippen LogP contribution in [0.1, 0.15) is 21.5 Å². The van der Waals surface area contributed by atoms with E-state index in [0.717, 1.165) is 28.5 Å². The van der Waals surface area contributed by atoms with Gasteiger partial charge in [0.2, 0.25) is 0 Å². The van der Waals surface area contributed by atoms with Crippen molar-refractivity contribution in [1.82, 2.24) is 0 Å². The molecule has 0 amide bonds. The van der Waals surface area contributed by atoms with Crippen LogP contribution >= 0.6 is 0 Å². The second-order valence-corrected chi connectivity index (χ2v) is 4.02. The summed E-state index contributed by atoms with van der Waals surface area (Å²) < 4.78 is 0. The summed E-state index contributed by atoms with van der Waals surface area (Å²) in [6, 6.07) is 14.1. The molecule has 2 rings (SSSR count). The van der Waals surface area contributed by atoms with E-state index in [9.17, 15) is 4.79 Å². The van der Waals surface area contributed by atoms with Crippen LogP contribution in [0.25, 0.3) is 11.1 Å². The number of carbonyl (C=O) groups excluding carboxylic acids is 1. The number of hydrogen-bond donors (Lipinski definition) is 0. The number of benzene rings is 2. The van der Waals surface area contributed by atoms with Gasteiger partial charge in [0.15, 0.2) is 6.29 Å². The molecule has 0 N–H and O–H groups in total. The van der Waals surface area contributed by atoms with Crippen LogP contribution in [0.3, 0.4) is 0 Å². The Kier molecular flexibility index (Phi) is 2.86. The van der Waals surface area contributed by atoms with Crippen LogP contribution in [0.4, 0.5) is 0 Å². The molecule has 0 radical (unpaired) electrons. The summed E-state index contributed by atoms with van der Waals surface area (Å²) in [6.45, 7) is 4.09. The maximum Gasteiger partial charge on any atom is 0.150 e. The van der Waals surface area contributed by atoms with Gasteiger partial charge in [0.1, 0.15) is 0 Å². The molecule has 0 bridgehead atoms. The van der Waals surface area contributed by atoms with Crippen LogP contribution in [0.15, 0.2) is 42.5 Å². The summed E-state index contributed by atoms with van der Waals surface area (Å²) in [5.41, 5.74) is 5.26. The average Bonchev–Trinajstić information content (AvgIpc) is 2.30. The van der Waals surface area contributed by atoms with Crippen molar-refractivity contribution in [2.24, 2.45) is 0 Å². The first-order valence-electron chi connectivity index (χ1n) is 5.34. The molecule has 0 unspecified atom stereocenters. The Morgan fingerprint density at radius 1 is 0.938 bits per heavy atom. The van der Waals surface area contributed by atoms with Gasteiger partial charge in [0.25, 0.3) is 0 Å². The van der Waals surface area contributed by atoms with Crippen LogP contribution in [0, 0.1) is 13.8 Å². The molecule has 1 heteroatoms. The zero-order valence-corrected chi connectivity index (χ0v) is 9.53. The van der Waals surface area contributed by atoms with Crippen molar-refractivity contribution in [2.45, 2.75) is 13.8 Å². The van der Waals surface area contributed by atoms with Gasteiger partial charge in [-0.25, -0.2) is 0 Å². The van der Waals surface area contributed by atoms with Gasteiger partial charge in [-0.3, -0.25) is 4.79 Å². The second-order valence-electron chi connectivity index (χ2n) is 4.02. The summed E-state index contributed by atoms with van der Waals surface area (Å²) in [4.78, 5) is 11.0. The van der Waals surface area contributed by atoms with Gasteiger partial charge in [0.05, 0.1) is 0 Å². The molecule has 0 heterocycles. The topological polar surface area (TPSA) is 17.1 Å². The first-order valence-corrected chi connectivity index (χ1v) is 5.34. The molecule has 2 aromatic rings. The third kappa shape index (κ3) is 1.89. The second kappa shape index (κ2) is 4.31. The third-order valence-corrected chi connectivity index (χ3v) is 2.77. The first-order chi connectivity index (χ1) is 7.72. The van der Waals surface area contributed by atoms with E-state index in [0.29, 0.717) is 0 Å². The molecule has 0 aliphatic rings. The lowest BCUT2D eigenvalue weighted by Gasteiger charge is -2.09. The van der Waals surface area contributed by atoms with Crippen molar-refractivity contribution in [3.05, 3.63) is 59.2 Å². The number of aldehydes is 1. The summed E-state index contributed by atoms with van der Waals surface area (Å²) in [5, 5.41) is 0. The standard InChI is InChI=1S/C15H14O/c1-11-6-8-13(9-7-11)15-12(2)4-3-5-14(15)10-16/h3-10H,1-2H3. The van der Waals surface area contributed by atoms with Gasteiger partial charge < -0.3 is 0 Å². The number of rotatable bonds is 2. The van der Waals surface area contributed by atoms with Crippen molar-refractivity contribution in [3.63, 3.8) is 0 Å². The molecule has 0 aliphatic heterocycles. The molecule has 0 saturated heterocycles. The SMILES string of the molecule is Cc1ccc(-c2c(C)cccc2C=O)cc1. The van der Waals surface area contributed by atoms with E-state index in [1.54, 1.807) is 0 Å². The Morgan fingerprint density at radius 3 is 2.25 bits per heavy atom. The summed E-state index contributed by atoms with van der Waals surface area (Å²) in [6.07, 6.45) is 0.919. The lowest BCUT2D eigenvalue weighted by atomic mass is 9.95. The van der Waals surface area contributed by atoms with Crippen LogP contribution in [0.2, 0.25) is 0 Å². The van der Waals surface area contributed by atoms with Crippen molar-refractivity contribution in [3.8, 4) is 11.1 Å². The monoisotopic (exact) mass is 210 g/mol. The van der Waals surface area contributed by atoms with Gasteiger partial charge in [-0.1, -0.05) is 48.0 Å². The highest BCUT2D eigenvalue weighted by atomic mass is 16.1. The number of aryl methyl sites for hydroxylation is 2. The Balaban J connectivity index is 2.63. The summed E-state index contributed by atoms with van der Waals surface area (Å²) in [5.74, 6) is 0. The fourth-order valence-corrected chi connectivity index (χ4v) is 1.90. The zero-order chi connectivity index (χ0) is 11.5. The fourth-order valence-electron chi connectivity index (χ4n) is 1.90.